The summed E-state index contributed by atoms with van der Waals surface area (Å²) in [6, 6.07) is 15.5. The first-order chi connectivity index (χ1) is 11.8. The molecule has 0 spiro atoms. The highest BCUT2D eigenvalue weighted by molar-refractivity contribution is 7.14. The maximum atomic E-state index is 9.34. The van der Waals surface area contributed by atoms with Crippen LogP contribution in [-0.4, -0.2) is 23.4 Å². The minimum Gasteiger partial charge on any atom is -0.496 e. The van der Waals surface area contributed by atoms with Gasteiger partial charge in [0.1, 0.15) is 5.75 Å². The molecule has 0 unspecified atom stereocenters. The zero-order chi connectivity index (χ0) is 16.8. The molecule has 3 rings (SSSR count). The monoisotopic (exact) mass is 339 g/mol. The Morgan fingerprint density at radius 3 is 2.83 bits per heavy atom. The van der Waals surface area contributed by atoms with Crippen molar-refractivity contribution in [2.75, 3.05) is 12.5 Å². The van der Waals surface area contributed by atoms with Crippen LogP contribution in [0.25, 0.3) is 11.3 Å². The zero-order valence-corrected chi connectivity index (χ0v) is 14.0. The quantitative estimate of drug-likeness (QED) is 0.530. The van der Waals surface area contributed by atoms with Gasteiger partial charge in [-0.05, 0) is 23.8 Å². The molecule has 2 N–H and O–H groups in total. The number of rotatable bonds is 6. The summed E-state index contributed by atoms with van der Waals surface area (Å²) in [6.07, 6.45) is 1.68. The summed E-state index contributed by atoms with van der Waals surface area (Å²) < 4.78 is 5.18. The van der Waals surface area contributed by atoms with E-state index in [1.54, 1.807) is 13.3 Å². The van der Waals surface area contributed by atoms with Crippen molar-refractivity contribution in [1.82, 2.24) is 4.98 Å². The first-order valence-corrected chi connectivity index (χ1v) is 8.26. The lowest BCUT2D eigenvalue weighted by Gasteiger charge is -2.06. The third-order valence-corrected chi connectivity index (χ3v) is 4.17. The molecule has 0 radical (unpaired) electrons. The average molecular weight is 339 g/mol. The zero-order valence-electron chi connectivity index (χ0n) is 13.1. The maximum Gasteiger partial charge on any atom is 0.203 e. The number of ether oxygens (including phenoxy) is 1. The molecule has 0 amide bonds. The van der Waals surface area contributed by atoms with Gasteiger partial charge in [-0.1, -0.05) is 30.3 Å². The van der Waals surface area contributed by atoms with E-state index in [2.05, 4.69) is 15.5 Å². The second kappa shape index (κ2) is 7.72. The van der Waals surface area contributed by atoms with Gasteiger partial charge in [-0.2, -0.15) is 5.10 Å². The second-order valence-corrected chi connectivity index (χ2v) is 5.86. The summed E-state index contributed by atoms with van der Waals surface area (Å²) in [5, 5.41) is 16.3. The molecule has 5 nitrogen and oxygen atoms in total. The standard InChI is InChI=1S/C18H17N3O2S/c1-23-17-8-7-13(9-15(17)11-22)10-19-21-18-20-16(12-24-18)14-5-3-2-4-6-14/h2-10,12,22H,11H2,1H3,(H,20,21). The number of aliphatic hydroxyl groups excluding tert-OH is 1. The maximum absolute atomic E-state index is 9.34. The molecule has 3 aromatic rings. The SMILES string of the molecule is COc1ccc(C=NNc2nc(-c3ccccc3)cs2)cc1CO. The van der Waals surface area contributed by atoms with E-state index in [9.17, 15) is 5.11 Å². The lowest BCUT2D eigenvalue weighted by atomic mass is 10.1. The fourth-order valence-corrected chi connectivity index (χ4v) is 2.90. The van der Waals surface area contributed by atoms with Gasteiger partial charge in [0.25, 0.3) is 0 Å². The van der Waals surface area contributed by atoms with E-state index < -0.39 is 0 Å². The molecule has 0 fully saturated rings. The Hall–Kier alpha value is -2.70. The number of nitrogens with zero attached hydrogens (tertiary/aromatic N) is 2. The normalized spacial score (nSPS) is 10.9. The number of aliphatic hydroxyl groups is 1. The van der Waals surface area contributed by atoms with Gasteiger partial charge in [-0.3, -0.25) is 5.43 Å². The van der Waals surface area contributed by atoms with Crippen molar-refractivity contribution in [2.45, 2.75) is 6.61 Å². The highest BCUT2D eigenvalue weighted by atomic mass is 32.1. The lowest BCUT2D eigenvalue weighted by Crippen LogP contribution is -1.95. The summed E-state index contributed by atoms with van der Waals surface area (Å²) in [5.74, 6) is 0.662. The van der Waals surface area contributed by atoms with Crippen molar-refractivity contribution in [3.05, 3.63) is 65.0 Å². The molecule has 0 aliphatic heterocycles. The Kier molecular flexibility index (Phi) is 5.20. The molecule has 2 aromatic carbocycles. The fraction of sp³-hybridized carbons (Fsp3) is 0.111. The summed E-state index contributed by atoms with van der Waals surface area (Å²) >= 11 is 1.50. The second-order valence-electron chi connectivity index (χ2n) is 5.00. The first-order valence-electron chi connectivity index (χ1n) is 7.38. The highest BCUT2D eigenvalue weighted by Crippen LogP contribution is 2.24. The van der Waals surface area contributed by atoms with E-state index in [1.807, 2.05) is 53.9 Å². The largest absolute Gasteiger partial charge is 0.496 e. The van der Waals surface area contributed by atoms with Crippen LogP contribution in [0.2, 0.25) is 0 Å². The van der Waals surface area contributed by atoms with Crippen LogP contribution in [0.5, 0.6) is 5.75 Å². The summed E-state index contributed by atoms with van der Waals surface area (Å²) in [6.45, 7) is -0.0782. The third-order valence-electron chi connectivity index (χ3n) is 3.42. The predicted molar refractivity (Wildman–Crippen MR) is 97.7 cm³/mol. The Labute approximate surface area is 144 Å². The topological polar surface area (TPSA) is 66.7 Å². The van der Waals surface area contributed by atoms with Gasteiger partial charge in [0.2, 0.25) is 5.13 Å². The van der Waals surface area contributed by atoms with E-state index in [1.165, 1.54) is 11.3 Å². The smallest absolute Gasteiger partial charge is 0.203 e. The Morgan fingerprint density at radius 1 is 1.25 bits per heavy atom. The van der Waals surface area contributed by atoms with Crippen molar-refractivity contribution in [3.8, 4) is 17.0 Å². The molecule has 0 atom stereocenters. The molecule has 0 aliphatic rings. The van der Waals surface area contributed by atoms with E-state index in [-0.39, 0.29) is 6.61 Å². The number of nitrogens with one attached hydrogen (secondary N) is 1. The Bertz CT molecular complexity index is 831. The molecule has 122 valence electrons. The van der Waals surface area contributed by atoms with Crippen LogP contribution in [0.3, 0.4) is 0 Å². The van der Waals surface area contributed by atoms with Crippen LogP contribution < -0.4 is 10.2 Å². The predicted octanol–water partition coefficient (Wildman–Crippen LogP) is 3.76. The van der Waals surface area contributed by atoms with Crippen LogP contribution in [0, 0.1) is 0 Å². The molecule has 0 saturated heterocycles. The van der Waals surface area contributed by atoms with Gasteiger partial charge in [-0.25, -0.2) is 4.98 Å². The number of thiazole rings is 1. The molecule has 0 aliphatic carbocycles. The van der Waals surface area contributed by atoms with Crippen molar-refractivity contribution in [2.24, 2.45) is 5.10 Å². The molecule has 24 heavy (non-hydrogen) atoms. The number of methoxy groups -OCH3 is 1. The van der Waals surface area contributed by atoms with E-state index in [0.717, 1.165) is 27.5 Å². The molecule has 0 bridgehead atoms. The van der Waals surface area contributed by atoms with E-state index >= 15 is 0 Å². The third kappa shape index (κ3) is 3.79. The first kappa shape index (κ1) is 16.2. The Morgan fingerprint density at radius 2 is 2.08 bits per heavy atom. The number of anilines is 1. The van der Waals surface area contributed by atoms with Gasteiger partial charge in [0.05, 0.1) is 25.6 Å². The van der Waals surface area contributed by atoms with Crippen molar-refractivity contribution in [1.29, 1.82) is 0 Å². The van der Waals surface area contributed by atoms with Crippen LogP contribution >= 0.6 is 11.3 Å². The average Bonchev–Trinajstić information content (AvgIpc) is 3.11. The molecule has 1 aromatic heterocycles. The molecule has 0 saturated carbocycles. The minimum absolute atomic E-state index is 0.0782. The van der Waals surface area contributed by atoms with Crippen LogP contribution in [0.15, 0.2) is 59.0 Å². The highest BCUT2D eigenvalue weighted by Gasteiger charge is 2.04. The number of hydrazone groups is 1. The van der Waals surface area contributed by atoms with E-state index in [4.69, 9.17) is 4.74 Å². The van der Waals surface area contributed by atoms with Gasteiger partial charge in [-0.15, -0.1) is 11.3 Å². The van der Waals surface area contributed by atoms with Crippen LogP contribution in [0.1, 0.15) is 11.1 Å². The molecule has 6 heteroatoms. The number of hydrogen-bond acceptors (Lipinski definition) is 6. The molecule has 1 heterocycles. The van der Waals surface area contributed by atoms with Gasteiger partial charge in [0.15, 0.2) is 0 Å². The summed E-state index contributed by atoms with van der Waals surface area (Å²) in [7, 11) is 1.58. The number of aromatic nitrogens is 1. The van der Waals surface area contributed by atoms with Gasteiger partial charge < -0.3 is 9.84 Å². The van der Waals surface area contributed by atoms with E-state index in [0.29, 0.717) is 5.75 Å². The molecular weight excluding hydrogens is 322 g/mol. The summed E-state index contributed by atoms with van der Waals surface area (Å²) in [5.41, 5.74) is 6.52. The van der Waals surface area contributed by atoms with Crippen molar-refractivity contribution >= 4 is 22.7 Å². The minimum atomic E-state index is -0.0782. The van der Waals surface area contributed by atoms with Gasteiger partial charge >= 0.3 is 0 Å². The van der Waals surface area contributed by atoms with Crippen molar-refractivity contribution in [3.63, 3.8) is 0 Å². The van der Waals surface area contributed by atoms with Crippen LogP contribution in [0.4, 0.5) is 5.13 Å². The Balaban J connectivity index is 1.68. The molecular formula is C18H17N3O2S. The lowest BCUT2D eigenvalue weighted by molar-refractivity contribution is 0.274. The number of benzene rings is 2. The van der Waals surface area contributed by atoms with Crippen LogP contribution in [-0.2, 0) is 6.61 Å². The fourth-order valence-electron chi connectivity index (χ4n) is 2.23. The van der Waals surface area contributed by atoms with Crippen molar-refractivity contribution < 1.29 is 9.84 Å². The number of hydrogen-bond donors (Lipinski definition) is 2. The van der Waals surface area contributed by atoms with Gasteiger partial charge in [0, 0.05) is 16.5 Å². The summed E-state index contributed by atoms with van der Waals surface area (Å²) in [4.78, 5) is 4.51.